The Morgan fingerprint density at radius 3 is 2.71 bits per heavy atom. The fourth-order valence-electron chi connectivity index (χ4n) is 3.36. The topological polar surface area (TPSA) is 72.8 Å². The molecule has 1 N–H and O–H groups in total. The van der Waals surface area contributed by atoms with Crippen LogP contribution in [-0.4, -0.2) is 36.4 Å². The molecule has 5 atom stereocenters. The average molecular weight is 292 g/mol. The summed E-state index contributed by atoms with van der Waals surface area (Å²) >= 11 is 0. The Morgan fingerprint density at radius 1 is 1.57 bits per heavy atom. The summed E-state index contributed by atoms with van der Waals surface area (Å²) in [5.74, 6) is -2.01. The van der Waals surface area contributed by atoms with Crippen molar-refractivity contribution in [1.82, 2.24) is 0 Å². The first-order valence-corrected chi connectivity index (χ1v) is 6.76. The third kappa shape index (κ3) is 2.12. The van der Waals surface area contributed by atoms with E-state index >= 15 is 0 Å². The number of rotatable bonds is 3. The second-order valence-electron chi connectivity index (χ2n) is 5.82. The standard InChI is InChI=1S/C16H20O5/c1-6-16(4)11(17)7-10-8(2)15(19)21-13(10)12(16)9(3)14(18)20-5/h6,10-13,17H,1-3,7H2,4-5H3/t10-,11-,12+,13-,16+/m0/s1. The predicted molar refractivity (Wildman–Crippen MR) is 76.1 cm³/mol. The zero-order valence-corrected chi connectivity index (χ0v) is 12.3. The van der Waals surface area contributed by atoms with Gasteiger partial charge in [0.1, 0.15) is 6.10 Å². The number of carbonyl (C=O) groups excluding carboxylic acids is 2. The van der Waals surface area contributed by atoms with Gasteiger partial charge in [-0.25, -0.2) is 9.59 Å². The Labute approximate surface area is 123 Å². The molecule has 5 nitrogen and oxygen atoms in total. The van der Waals surface area contributed by atoms with Crippen molar-refractivity contribution in [2.75, 3.05) is 7.11 Å². The molecular formula is C16H20O5. The van der Waals surface area contributed by atoms with Gasteiger partial charge in [-0.2, -0.15) is 0 Å². The van der Waals surface area contributed by atoms with Crippen molar-refractivity contribution in [2.45, 2.75) is 25.6 Å². The third-order valence-electron chi connectivity index (χ3n) is 4.81. The Bertz CT molecular complexity index is 535. The van der Waals surface area contributed by atoms with E-state index in [2.05, 4.69) is 19.7 Å². The quantitative estimate of drug-likeness (QED) is 0.483. The van der Waals surface area contributed by atoms with Crippen molar-refractivity contribution < 1.29 is 24.2 Å². The minimum absolute atomic E-state index is 0.163. The smallest absolute Gasteiger partial charge is 0.334 e. The molecule has 0 amide bonds. The molecule has 0 bridgehead atoms. The highest BCUT2D eigenvalue weighted by Gasteiger charge is 2.58. The number of esters is 2. The summed E-state index contributed by atoms with van der Waals surface area (Å²) in [6, 6.07) is 0. The summed E-state index contributed by atoms with van der Waals surface area (Å²) in [6.07, 6.45) is 0.557. The van der Waals surface area contributed by atoms with Gasteiger partial charge in [0, 0.05) is 28.4 Å². The molecule has 2 aliphatic rings. The fraction of sp³-hybridized carbons (Fsp3) is 0.500. The maximum atomic E-state index is 11.9. The molecule has 0 aromatic carbocycles. The molecule has 0 spiro atoms. The molecule has 1 aliphatic heterocycles. The first-order valence-electron chi connectivity index (χ1n) is 6.76. The molecule has 0 unspecified atom stereocenters. The van der Waals surface area contributed by atoms with Gasteiger partial charge in [0.25, 0.3) is 0 Å². The van der Waals surface area contributed by atoms with Crippen LogP contribution in [0.4, 0.5) is 0 Å². The first-order chi connectivity index (χ1) is 9.77. The normalized spacial score (nSPS) is 38.4. The number of hydrogen-bond acceptors (Lipinski definition) is 5. The lowest BCUT2D eigenvalue weighted by atomic mass is 9.58. The number of aliphatic hydroxyl groups excluding tert-OH is 1. The van der Waals surface area contributed by atoms with Crippen LogP contribution in [0.25, 0.3) is 0 Å². The van der Waals surface area contributed by atoms with Crippen LogP contribution in [0.2, 0.25) is 0 Å². The molecule has 1 heterocycles. The lowest BCUT2D eigenvalue weighted by Gasteiger charge is -2.47. The van der Waals surface area contributed by atoms with Gasteiger partial charge < -0.3 is 14.6 Å². The van der Waals surface area contributed by atoms with Crippen molar-refractivity contribution in [1.29, 1.82) is 0 Å². The largest absolute Gasteiger partial charge is 0.466 e. The zero-order valence-electron chi connectivity index (χ0n) is 12.3. The van der Waals surface area contributed by atoms with E-state index < -0.39 is 35.5 Å². The first kappa shape index (κ1) is 15.5. The van der Waals surface area contributed by atoms with Crippen molar-refractivity contribution in [3.8, 4) is 0 Å². The van der Waals surface area contributed by atoms with Crippen LogP contribution in [0, 0.1) is 17.3 Å². The third-order valence-corrected chi connectivity index (χ3v) is 4.81. The summed E-state index contributed by atoms with van der Waals surface area (Å²) in [4.78, 5) is 23.7. The van der Waals surface area contributed by atoms with E-state index in [0.29, 0.717) is 12.0 Å². The van der Waals surface area contributed by atoms with Crippen molar-refractivity contribution in [3.05, 3.63) is 37.0 Å². The van der Waals surface area contributed by atoms with Gasteiger partial charge in [0.2, 0.25) is 0 Å². The number of aliphatic hydroxyl groups is 1. The summed E-state index contributed by atoms with van der Waals surface area (Å²) in [5.41, 5.74) is -0.346. The maximum Gasteiger partial charge on any atom is 0.334 e. The minimum Gasteiger partial charge on any atom is -0.466 e. The minimum atomic E-state index is -0.836. The van der Waals surface area contributed by atoms with E-state index in [1.165, 1.54) is 7.11 Å². The molecule has 0 aromatic rings. The number of hydrogen-bond donors (Lipinski definition) is 1. The summed E-state index contributed by atoms with van der Waals surface area (Å²) in [6.45, 7) is 13.0. The molecule has 2 rings (SSSR count). The summed E-state index contributed by atoms with van der Waals surface area (Å²) in [7, 11) is 1.26. The number of ether oxygens (including phenoxy) is 2. The molecule has 2 fully saturated rings. The van der Waals surface area contributed by atoms with Crippen molar-refractivity contribution >= 4 is 11.9 Å². The van der Waals surface area contributed by atoms with Crippen molar-refractivity contribution in [3.63, 3.8) is 0 Å². The van der Waals surface area contributed by atoms with Gasteiger partial charge in [-0.05, 0) is 6.42 Å². The summed E-state index contributed by atoms with van der Waals surface area (Å²) in [5, 5.41) is 10.5. The van der Waals surface area contributed by atoms with Gasteiger partial charge in [0.15, 0.2) is 0 Å². The van der Waals surface area contributed by atoms with Crippen LogP contribution in [0.15, 0.2) is 37.0 Å². The Hall–Kier alpha value is -1.88. The highest BCUT2D eigenvalue weighted by atomic mass is 16.6. The molecule has 114 valence electrons. The van der Waals surface area contributed by atoms with Gasteiger partial charge in [-0.1, -0.05) is 26.2 Å². The van der Waals surface area contributed by atoms with E-state index in [1.807, 2.05) is 0 Å². The van der Waals surface area contributed by atoms with Gasteiger partial charge in [-0.3, -0.25) is 0 Å². The van der Waals surface area contributed by atoms with Crippen LogP contribution in [0.3, 0.4) is 0 Å². The average Bonchev–Trinajstić information content (AvgIpc) is 2.74. The van der Waals surface area contributed by atoms with Gasteiger partial charge in [-0.15, -0.1) is 6.58 Å². The van der Waals surface area contributed by atoms with E-state index in [0.717, 1.165) is 0 Å². The van der Waals surface area contributed by atoms with Crippen LogP contribution in [0.5, 0.6) is 0 Å². The number of fused-ring (bicyclic) bond motifs is 1. The van der Waals surface area contributed by atoms with Crippen molar-refractivity contribution in [2.24, 2.45) is 17.3 Å². The van der Waals surface area contributed by atoms with E-state index in [4.69, 9.17) is 9.47 Å². The van der Waals surface area contributed by atoms with Gasteiger partial charge in [0.05, 0.1) is 13.2 Å². The van der Waals surface area contributed by atoms with Crippen LogP contribution in [-0.2, 0) is 19.1 Å². The highest BCUT2D eigenvalue weighted by molar-refractivity contribution is 5.92. The molecule has 21 heavy (non-hydrogen) atoms. The molecule has 1 saturated carbocycles. The molecule has 0 radical (unpaired) electrons. The molecular weight excluding hydrogens is 272 g/mol. The predicted octanol–water partition coefficient (Wildman–Crippen LogP) is 1.39. The summed E-state index contributed by atoms with van der Waals surface area (Å²) < 4.78 is 10.1. The van der Waals surface area contributed by atoms with E-state index in [9.17, 15) is 14.7 Å². The molecule has 0 aromatic heterocycles. The zero-order chi connectivity index (χ0) is 15.9. The maximum absolute atomic E-state index is 11.9. The Balaban J connectivity index is 2.50. The SMILES string of the molecule is C=C[C@@]1(C)[C@H](C(=C)C(=O)OC)[C@H]2OC(=O)C(=C)[C@@H]2C[C@@H]1O. The van der Waals surface area contributed by atoms with Crippen LogP contribution >= 0.6 is 0 Å². The fourth-order valence-corrected chi connectivity index (χ4v) is 3.36. The molecule has 5 heteroatoms. The van der Waals surface area contributed by atoms with Crippen LogP contribution in [0.1, 0.15) is 13.3 Å². The lowest BCUT2D eigenvalue weighted by molar-refractivity contribution is -0.151. The van der Waals surface area contributed by atoms with Gasteiger partial charge >= 0.3 is 11.9 Å². The van der Waals surface area contributed by atoms with E-state index in [-0.39, 0.29) is 11.5 Å². The number of carbonyl (C=O) groups is 2. The Morgan fingerprint density at radius 2 is 2.19 bits per heavy atom. The van der Waals surface area contributed by atoms with E-state index in [1.54, 1.807) is 13.0 Å². The monoisotopic (exact) mass is 292 g/mol. The second-order valence-corrected chi connectivity index (χ2v) is 5.82. The number of methoxy groups -OCH3 is 1. The molecule has 1 saturated heterocycles. The van der Waals surface area contributed by atoms with Crippen LogP contribution < -0.4 is 0 Å². The Kier molecular flexibility index (Phi) is 3.80. The lowest BCUT2D eigenvalue weighted by Crippen LogP contribution is -2.52. The highest BCUT2D eigenvalue weighted by Crippen LogP contribution is 2.52. The second kappa shape index (κ2) is 5.15. The molecule has 1 aliphatic carbocycles.